The molecule has 8 nitrogen and oxygen atoms in total. The second-order valence-electron chi connectivity index (χ2n) is 6.08. The molecule has 2 N–H and O–H groups in total. The van der Waals surface area contributed by atoms with Gasteiger partial charge in [0, 0.05) is 26.2 Å². The normalized spacial score (nSPS) is 24.5. The Morgan fingerprint density at radius 1 is 1.36 bits per heavy atom. The maximum Gasteiger partial charge on any atom is 0.280 e. The first-order valence-corrected chi connectivity index (χ1v) is 9.41. The SMILES string of the molecule is COCC(C)NC(=O)C1CC(c2ccc(OC)cc2)NS(=O)(=O)N1C. The van der Waals surface area contributed by atoms with Crippen molar-refractivity contribution in [2.24, 2.45) is 0 Å². The third-order valence-corrected chi connectivity index (χ3v) is 5.79. The van der Waals surface area contributed by atoms with Crippen LogP contribution in [0.4, 0.5) is 0 Å². The second-order valence-corrected chi connectivity index (χ2v) is 7.84. The van der Waals surface area contributed by atoms with Gasteiger partial charge in [-0.05, 0) is 31.0 Å². The Labute approximate surface area is 148 Å². The number of hydrogen-bond donors (Lipinski definition) is 2. The van der Waals surface area contributed by atoms with Gasteiger partial charge in [0.05, 0.1) is 13.7 Å². The fourth-order valence-corrected chi connectivity index (χ4v) is 4.07. The van der Waals surface area contributed by atoms with E-state index in [1.54, 1.807) is 45.4 Å². The van der Waals surface area contributed by atoms with Crippen molar-refractivity contribution in [2.45, 2.75) is 31.5 Å². The molecule has 1 heterocycles. The molecule has 0 bridgehead atoms. The van der Waals surface area contributed by atoms with Gasteiger partial charge in [-0.3, -0.25) is 4.79 Å². The van der Waals surface area contributed by atoms with Crippen LogP contribution in [0.5, 0.6) is 5.75 Å². The minimum Gasteiger partial charge on any atom is -0.497 e. The first kappa shape index (κ1) is 19.6. The van der Waals surface area contributed by atoms with Gasteiger partial charge in [-0.15, -0.1) is 0 Å². The zero-order valence-corrected chi connectivity index (χ0v) is 15.7. The Morgan fingerprint density at radius 2 is 2.00 bits per heavy atom. The Hall–Kier alpha value is -1.68. The Balaban J connectivity index is 2.20. The lowest BCUT2D eigenvalue weighted by Crippen LogP contribution is -2.58. The number of carbonyl (C=O) groups excluding carboxylic acids is 1. The second kappa shape index (κ2) is 8.13. The summed E-state index contributed by atoms with van der Waals surface area (Å²) in [5.41, 5.74) is 0.778. The summed E-state index contributed by atoms with van der Waals surface area (Å²) in [4.78, 5) is 12.5. The minimum absolute atomic E-state index is 0.206. The quantitative estimate of drug-likeness (QED) is 0.756. The molecule has 1 aliphatic rings. The molecule has 1 saturated heterocycles. The summed E-state index contributed by atoms with van der Waals surface area (Å²) in [6, 6.07) is 5.62. The van der Waals surface area contributed by atoms with E-state index in [0.29, 0.717) is 18.8 Å². The van der Waals surface area contributed by atoms with E-state index in [1.807, 2.05) is 0 Å². The average Bonchev–Trinajstić information content (AvgIpc) is 2.57. The smallest absolute Gasteiger partial charge is 0.280 e. The van der Waals surface area contributed by atoms with Crippen LogP contribution in [0.2, 0.25) is 0 Å². The van der Waals surface area contributed by atoms with E-state index in [1.165, 1.54) is 7.05 Å². The Kier molecular flexibility index (Phi) is 6.39. The van der Waals surface area contributed by atoms with E-state index in [9.17, 15) is 13.2 Å². The molecule has 2 rings (SSSR count). The molecule has 1 amide bonds. The summed E-state index contributed by atoms with van der Waals surface area (Å²) in [6.45, 7) is 2.16. The lowest BCUT2D eigenvalue weighted by atomic mass is 9.99. The van der Waals surface area contributed by atoms with E-state index in [-0.39, 0.29) is 11.9 Å². The van der Waals surface area contributed by atoms with Gasteiger partial charge in [0.1, 0.15) is 11.8 Å². The molecule has 0 saturated carbocycles. The van der Waals surface area contributed by atoms with Gasteiger partial charge in [0.2, 0.25) is 5.91 Å². The van der Waals surface area contributed by atoms with Crippen molar-refractivity contribution in [1.82, 2.24) is 14.3 Å². The van der Waals surface area contributed by atoms with E-state index < -0.39 is 22.3 Å². The van der Waals surface area contributed by atoms with Crippen LogP contribution >= 0.6 is 0 Å². The summed E-state index contributed by atoms with van der Waals surface area (Å²) in [5.74, 6) is 0.345. The molecule has 1 fully saturated rings. The number of benzene rings is 1. The van der Waals surface area contributed by atoms with Crippen molar-refractivity contribution in [1.29, 1.82) is 0 Å². The zero-order valence-electron chi connectivity index (χ0n) is 14.9. The number of methoxy groups -OCH3 is 2. The van der Waals surface area contributed by atoms with Crippen molar-refractivity contribution >= 4 is 16.1 Å². The molecular formula is C16H25N3O5S. The molecule has 1 aromatic carbocycles. The zero-order chi connectivity index (χ0) is 18.6. The summed E-state index contributed by atoms with van der Waals surface area (Å²) >= 11 is 0. The summed E-state index contributed by atoms with van der Waals surface area (Å²) in [7, 11) is 0.753. The summed E-state index contributed by atoms with van der Waals surface area (Å²) < 4.78 is 38.6. The monoisotopic (exact) mass is 371 g/mol. The van der Waals surface area contributed by atoms with Crippen LogP contribution in [0.15, 0.2) is 24.3 Å². The highest BCUT2D eigenvalue weighted by Gasteiger charge is 2.40. The van der Waals surface area contributed by atoms with Crippen LogP contribution < -0.4 is 14.8 Å². The Morgan fingerprint density at radius 3 is 2.56 bits per heavy atom. The van der Waals surface area contributed by atoms with Gasteiger partial charge in [0.25, 0.3) is 10.2 Å². The molecule has 3 unspecified atom stereocenters. The number of likely N-dealkylation sites (N-methyl/N-ethyl adjacent to an activating group) is 1. The highest BCUT2D eigenvalue weighted by atomic mass is 32.2. The highest BCUT2D eigenvalue weighted by molar-refractivity contribution is 7.87. The molecule has 0 aromatic heterocycles. The third kappa shape index (κ3) is 4.69. The number of nitrogens with zero attached hydrogens (tertiary/aromatic N) is 1. The Bertz CT molecular complexity index is 692. The van der Waals surface area contributed by atoms with Gasteiger partial charge < -0.3 is 14.8 Å². The van der Waals surface area contributed by atoms with Gasteiger partial charge in [-0.25, -0.2) is 0 Å². The number of nitrogens with one attached hydrogen (secondary N) is 2. The largest absolute Gasteiger partial charge is 0.497 e. The molecule has 140 valence electrons. The highest BCUT2D eigenvalue weighted by Crippen LogP contribution is 2.28. The molecule has 0 radical (unpaired) electrons. The first-order valence-electron chi connectivity index (χ1n) is 7.97. The van der Waals surface area contributed by atoms with Gasteiger partial charge in [-0.2, -0.15) is 17.4 Å². The molecule has 1 aliphatic heterocycles. The molecule has 9 heteroatoms. The van der Waals surface area contributed by atoms with E-state index in [4.69, 9.17) is 9.47 Å². The standard InChI is InChI=1S/C16H25N3O5S/c1-11(10-23-3)17-16(20)15-9-14(18-25(21,22)19(15)2)12-5-7-13(24-4)8-6-12/h5-8,11,14-15,18H,9-10H2,1-4H3,(H,17,20). The maximum atomic E-state index is 12.5. The molecular weight excluding hydrogens is 346 g/mol. The van der Waals surface area contributed by atoms with Crippen LogP contribution in [0.3, 0.4) is 0 Å². The van der Waals surface area contributed by atoms with Gasteiger partial charge >= 0.3 is 0 Å². The van der Waals surface area contributed by atoms with Crippen molar-refractivity contribution in [2.75, 3.05) is 27.9 Å². The van der Waals surface area contributed by atoms with E-state index in [0.717, 1.165) is 9.87 Å². The fraction of sp³-hybridized carbons (Fsp3) is 0.562. The molecule has 0 aliphatic carbocycles. The first-order chi connectivity index (χ1) is 11.8. The van der Waals surface area contributed by atoms with Gasteiger partial charge in [0.15, 0.2) is 0 Å². The van der Waals surface area contributed by atoms with Crippen molar-refractivity contribution < 1.29 is 22.7 Å². The number of ether oxygens (including phenoxy) is 2. The van der Waals surface area contributed by atoms with Crippen LogP contribution in [-0.4, -0.2) is 58.6 Å². The van der Waals surface area contributed by atoms with Crippen LogP contribution in [0.25, 0.3) is 0 Å². The molecule has 1 aromatic rings. The van der Waals surface area contributed by atoms with Crippen molar-refractivity contribution in [3.05, 3.63) is 29.8 Å². The number of hydrogen-bond acceptors (Lipinski definition) is 5. The lowest BCUT2D eigenvalue weighted by Gasteiger charge is -2.36. The summed E-state index contributed by atoms with van der Waals surface area (Å²) in [5, 5.41) is 2.79. The topological polar surface area (TPSA) is 97.0 Å². The van der Waals surface area contributed by atoms with Gasteiger partial charge in [-0.1, -0.05) is 12.1 Å². The molecule has 0 spiro atoms. The predicted molar refractivity (Wildman–Crippen MR) is 93.4 cm³/mol. The van der Waals surface area contributed by atoms with Crippen molar-refractivity contribution in [3.8, 4) is 5.75 Å². The average molecular weight is 371 g/mol. The fourth-order valence-electron chi connectivity index (χ4n) is 2.79. The minimum atomic E-state index is -3.76. The van der Waals surface area contributed by atoms with E-state index >= 15 is 0 Å². The third-order valence-electron chi connectivity index (χ3n) is 4.19. The summed E-state index contributed by atoms with van der Waals surface area (Å²) in [6.07, 6.45) is 0.327. The molecule has 25 heavy (non-hydrogen) atoms. The number of amides is 1. The molecule has 3 atom stereocenters. The number of rotatable bonds is 6. The number of carbonyl (C=O) groups is 1. The van der Waals surface area contributed by atoms with Crippen LogP contribution in [0, 0.1) is 0 Å². The lowest BCUT2D eigenvalue weighted by molar-refractivity contribution is -0.126. The van der Waals surface area contributed by atoms with E-state index in [2.05, 4.69) is 10.0 Å². The predicted octanol–water partition coefficient (Wildman–Crippen LogP) is 0.426. The van der Waals surface area contributed by atoms with Crippen molar-refractivity contribution in [3.63, 3.8) is 0 Å². The van der Waals surface area contributed by atoms with Crippen LogP contribution in [0.1, 0.15) is 24.9 Å². The van der Waals surface area contributed by atoms with Crippen LogP contribution in [-0.2, 0) is 19.7 Å². The maximum absolute atomic E-state index is 12.5.